The second kappa shape index (κ2) is 6.24. The molecule has 7 heteroatoms. The summed E-state index contributed by atoms with van der Waals surface area (Å²) >= 11 is 1.33. The van der Waals surface area contributed by atoms with Gasteiger partial charge in [0.05, 0.1) is 5.57 Å². The van der Waals surface area contributed by atoms with Crippen molar-refractivity contribution in [2.45, 2.75) is 22.1 Å². The van der Waals surface area contributed by atoms with E-state index in [1.165, 1.54) is 17.8 Å². The van der Waals surface area contributed by atoms with Gasteiger partial charge < -0.3 is 9.84 Å². The van der Waals surface area contributed by atoms with Crippen LogP contribution in [0.3, 0.4) is 0 Å². The van der Waals surface area contributed by atoms with Crippen LogP contribution < -0.4 is 4.74 Å². The molecule has 1 unspecified atom stereocenters. The maximum Gasteiger partial charge on any atom is 0.430 e. The molecular weight excluding hydrogens is 341 g/mol. The number of ether oxygens (including phenoxy) is 1. The number of halogens is 3. The maximum absolute atomic E-state index is 13.1. The van der Waals surface area contributed by atoms with Crippen LogP contribution in [0.5, 0.6) is 5.75 Å². The number of fused-ring (bicyclic) bond motifs is 1. The van der Waals surface area contributed by atoms with Gasteiger partial charge in [-0.15, -0.1) is 0 Å². The number of aliphatic carboxylic acids is 1. The highest BCUT2D eigenvalue weighted by Crippen LogP contribution is 2.42. The van der Waals surface area contributed by atoms with E-state index in [1.54, 1.807) is 12.1 Å². The van der Waals surface area contributed by atoms with Crippen molar-refractivity contribution >= 4 is 23.8 Å². The molecule has 1 aliphatic heterocycles. The minimum Gasteiger partial charge on any atom is -0.478 e. The largest absolute Gasteiger partial charge is 0.478 e. The fourth-order valence-electron chi connectivity index (χ4n) is 2.31. The molecule has 1 atom stereocenters. The van der Waals surface area contributed by atoms with Gasteiger partial charge in [-0.05, 0) is 30.3 Å². The van der Waals surface area contributed by atoms with Gasteiger partial charge in [-0.1, -0.05) is 36.0 Å². The van der Waals surface area contributed by atoms with E-state index in [0.717, 1.165) is 11.0 Å². The van der Waals surface area contributed by atoms with Gasteiger partial charge in [0.1, 0.15) is 5.75 Å². The predicted molar refractivity (Wildman–Crippen MR) is 83.1 cm³/mol. The molecule has 0 radical (unpaired) electrons. The molecule has 0 bridgehead atoms. The summed E-state index contributed by atoms with van der Waals surface area (Å²) in [6, 6.07) is 13.9. The van der Waals surface area contributed by atoms with Crippen LogP contribution in [-0.4, -0.2) is 23.4 Å². The van der Waals surface area contributed by atoms with Gasteiger partial charge in [0, 0.05) is 15.4 Å². The number of benzene rings is 2. The van der Waals surface area contributed by atoms with Gasteiger partial charge in [0.2, 0.25) is 6.10 Å². The second-order valence-electron chi connectivity index (χ2n) is 5.03. The highest BCUT2D eigenvalue weighted by atomic mass is 32.2. The topological polar surface area (TPSA) is 46.5 Å². The van der Waals surface area contributed by atoms with Crippen molar-refractivity contribution < 1.29 is 27.8 Å². The van der Waals surface area contributed by atoms with Crippen molar-refractivity contribution in [3.8, 4) is 5.75 Å². The Kier molecular flexibility index (Phi) is 4.28. The zero-order valence-electron chi connectivity index (χ0n) is 12.1. The standard InChI is InChI=1S/C17H11F3O3S/c18-17(19,20)15-12(16(21)22)9-11-13(23-15)7-4-8-14(11)24-10-5-2-1-3-6-10/h1-9,15H,(H,21,22). The summed E-state index contributed by atoms with van der Waals surface area (Å²) in [5, 5.41) is 9.12. The predicted octanol–water partition coefficient (Wildman–Crippen LogP) is 4.63. The quantitative estimate of drug-likeness (QED) is 0.875. The molecule has 0 spiro atoms. The van der Waals surface area contributed by atoms with E-state index in [2.05, 4.69) is 0 Å². The highest BCUT2D eigenvalue weighted by Gasteiger charge is 2.48. The molecule has 2 aromatic carbocycles. The number of hydrogen-bond acceptors (Lipinski definition) is 3. The van der Waals surface area contributed by atoms with E-state index in [1.807, 2.05) is 30.3 Å². The monoisotopic (exact) mass is 352 g/mol. The molecule has 24 heavy (non-hydrogen) atoms. The minimum atomic E-state index is -4.80. The van der Waals surface area contributed by atoms with Gasteiger partial charge in [0.15, 0.2) is 0 Å². The van der Waals surface area contributed by atoms with E-state index < -0.39 is 23.8 Å². The van der Waals surface area contributed by atoms with E-state index in [0.29, 0.717) is 10.5 Å². The lowest BCUT2D eigenvalue weighted by atomic mass is 10.0. The summed E-state index contributed by atoms with van der Waals surface area (Å²) in [5.74, 6) is -1.63. The molecule has 0 fully saturated rings. The van der Waals surface area contributed by atoms with Crippen molar-refractivity contribution in [2.24, 2.45) is 0 Å². The lowest BCUT2D eigenvalue weighted by molar-refractivity contribution is -0.187. The lowest BCUT2D eigenvalue weighted by Gasteiger charge is -2.27. The highest BCUT2D eigenvalue weighted by molar-refractivity contribution is 7.99. The van der Waals surface area contributed by atoms with E-state index in [4.69, 9.17) is 9.84 Å². The Morgan fingerprint density at radius 1 is 1.08 bits per heavy atom. The fraction of sp³-hybridized carbons (Fsp3) is 0.118. The average molecular weight is 352 g/mol. The van der Waals surface area contributed by atoms with E-state index >= 15 is 0 Å². The van der Waals surface area contributed by atoms with Crippen LogP contribution in [0.2, 0.25) is 0 Å². The summed E-state index contributed by atoms with van der Waals surface area (Å²) in [6.07, 6.45) is -6.23. The first-order chi connectivity index (χ1) is 11.4. The smallest absolute Gasteiger partial charge is 0.430 e. The van der Waals surface area contributed by atoms with E-state index in [9.17, 15) is 18.0 Å². The molecule has 1 heterocycles. The molecule has 124 valence electrons. The van der Waals surface area contributed by atoms with Crippen LogP contribution in [0, 0.1) is 0 Å². The molecule has 0 aliphatic carbocycles. The zero-order chi connectivity index (χ0) is 17.3. The van der Waals surface area contributed by atoms with Gasteiger partial charge in [0.25, 0.3) is 0 Å². The normalized spacial score (nSPS) is 16.8. The first-order valence-electron chi connectivity index (χ1n) is 6.90. The van der Waals surface area contributed by atoms with Crippen LogP contribution in [-0.2, 0) is 4.79 Å². The van der Waals surface area contributed by atoms with Gasteiger partial charge >= 0.3 is 12.1 Å². The Morgan fingerprint density at radius 3 is 2.42 bits per heavy atom. The molecular formula is C17H11F3O3S. The maximum atomic E-state index is 13.1. The molecule has 0 saturated heterocycles. The minimum absolute atomic E-state index is 0.0169. The number of carboxylic acid groups (broad SMARTS) is 1. The van der Waals surface area contributed by atoms with Gasteiger partial charge in [-0.2, -0.15) is 13.2 Å². The summed E-state index contributed by atoms with van der Waals surface area (Å²) in [7, 11) is 0. The summed E-state index contributed by atoms with van der Waals surface area (Å²) in [5.41, 5.74) is -0.486. The number of carboxylic acids is 1. The third kappa shape index (κ3) is 3.26. The molecule has 3 rings (SSSR count). The number of alkyl halides is 3. The third-order valence-corrected chi connectivity index (χ3v) is 4.45. The summed E-state index contributed by atoms with van der Waals surface area (Å²) in [4.78, 5) is 12.7. The first-order valence-corrected chi connectivity index (χ1v) is 7.72. The molecule has 0 saturated carbocycles. The van der Waals surface area contributed by atoms with Crippen molar-refractivity contribution in [2.75, 3.05) is 0 Å². The summed E-state index contributed by atoms with van der Waals surface area (Å²) in [6.45, 7) is 0. The van der Waals surface area contributed by atoms with Crippen LogP contribution >= 0.6 is 11.8 Å². The lowest BCUT2D eigenvalue weighted by Crippen LogP contribution is -2.40. The fourth-order valence-corrected chi connectivity index (χ4v) is 3.28. The number of carbonyl (C=O) groups is 1. The Hall–Kier alpha value is -2.41. The van der Waals surface area contributed by atoms with Crippen LogP contribution in [0.25, 0.3) is 6.08 Å². The number of hydrogen-bond donors (Lipinski definition) is 1. The van der Waals surface area contributed by atoms with Crippen molar-refractivity contribution in [3.05, 3.63) is 59.7 Å². The Bertz CT molecular complexity index is 800. The van der Waals surface area contributed by atoms with Crippen molar-refractivity contribution in [3.63, 3.8) is 0 Å². The van der Waals surface area contributed by atoms with Crippen molar-refractivity contribution in [1.29, 1.82) is 0 Å². The first kappa shape index (κ1) is 16.4. The molecule has 1 aliphatic rings. The molecule has 1 N–H and O–H groups in total. The summed E-state index contributed by atoms with van der Waals surface area (Å²) < 4.78 is 44.1. The zero-order valence-corrected chi connectivity index (χ0v) is 12.9. The van der Waals surface area contributed by atoms with Crippen LogP contribution in [0.1, 0.15) is 5.56 Å². The SMILES string of the molecule is O=C(O)C1=Cc2c(cccc2Sc2ccccc2)OC1C(F)(F)F. The molecule has 2 aromatic rings. The average Bonchev–Trinajstić information content (AvgIpc) is 2.54. The Morgan fingerprint density at radius 2 is 1.79 bits per heavy atom. The Balaban J connectivity index is 2.05. The van der Waals surface area contributed by atoms with Crippen LogP contribution in [0.4, 0.5) is 13.2 Å². The van der Waals surface area contributed by atoms with Crippen molar-refractivity contribution in [1.82, 2.24) is 0 Å². The van der Waals surface area contributed by atoms with Crippen LogP contribution in [0.15, 0.2) is 63.9 Å². The van der Waals surface area contributed by atoms with Gasteiger partial charge in [-0.3, -0.25) is 0 Å². The second-order valence-corrected chi connectivity index (χ2v) is 6.14. The molecule has 3 nitrogen and oxygen atoms in total. The molecule has 0 amide bonds. The third-order valence-electron chi connectivity index (χ3n) is 3.37. The Labute approximate surface area is 139 Å². The molecule has 0 aromatic heterocycles. The van der Waals surface area contributed by atoms with Gasteiger partial charge in [-0.25, -0.2) is 4.79 Å². The number of rotatable bonds is 3. The van der Waals surface area contributed by atoms with E-state index in [-0.39, 0.29) is 5.75 Å².